The predicted octanol–water partition coefficient (Wildman–Crippen LogP) is 3.89. The number of halogens is 1. The number of benzene rings is 1. The molecule has 0 aliphatic carbocycles. The van der Waals surface area contributed by atoms with Crippen LogP contribution in [-0.4, -0.2) is 22.1 Å². The van der Waals surface area contributed by atoms with Crippen molar-refractivity contribution in [3.63, 3.8) is 0 Å². The lowest BCUT2D eigenvalue weighted by molar-refractivity contribution is 0.415. The summed E-state index contributed by atoms with van der Waals surface area (Å²) >= 11 is 6.12. The second kappa shape index (κ2) is 7.61. The summed E-state index contributed by atoms with van der Waals surface area (Å²) in [6.45, 7) is 0.638. The number of rotatable bonds is 6. The largest absolute Gasteiger partial charge is 0.495 e. The lowest BCUT2D eigenvalue weighted by Crippen LogP contribution is -2.04. The third-order valence-corrected chi connectivity index (χ3v) is 3.56. The van der Waals surface area contributed by atoms with Crippen LogP contribution in [-0.2, 0) is 6.54 Å². The van der Waals surface area contributed by atoms with Gasteiger partial charge in [-0.25, -0.2) is 4.98 Å². The first-order chi connectivity index (χ1) is 11.7. The van der Waals surface area contributed by atoms with Crippen molar-refractivity contribution >= 4 is 29.1 Å². The van der Waals surface area contributed by atoms with Crippen molar-refractivity contribution < 1.29 is 4.74 Å². The maximum absolute atomic E-state index is 6.12. The number of aromatic nitrogens is 3. The van der Waals surface area contributed by atoms with Crippen molar-refractivity contribution in [2.75, 3.05) is 17.7 Å². The van der Waals surface area contributed by atoms with Crippen molar-refractivity contribution in [1.29, 1.82) is 0 Å². The highest BCUT2D eigenvalue weighted by atomic mass is 35.5. The maximum Gasteiger partial charge on any atom is 0.229 e. The van der Waals surface area contributed by atoms with Crippen LogP contribution in [0.15, 0.2) is 55.0 Å². The molecule has 0 atom stereocenters. The minimum absolute atomic E-state index is 0.479. The number of nitrogens with one attached hydrogen (secondary N) is 2. The second-order valence-corrected chi connectivity index (χ2v) is 5.36. The molecule has 0 bridgehead atoms. The van der Waals surface area contributed by atoms with Gasteiger partial charge in [0.2, 0.25) is 5.95 Å². The number of pyridine rings is 1. The minimum atomic E-state index is 0.479. The van der Waals surface area contributed by atoms with Gasteiger partial charge in [0.15, 0.2) is 0 Å². The third kappa shape index (κ3) is 4.11. The van der Waals surface area contributed by atoms with E-state index in [0.29, 0.717) is 23.3 Å². The molecule has 2 N–H and O–H groups in total. The SMILES string of the molecule is COc1ccc(Nc2nccc(NCc3cccnc3)n2)cc1Cl. The molecule has 0 unspecified atom stereocenters. The van der Waals surface area contributed by atoms with E-state index in [2.05, 4.69) is 25.6 Å². The van der Waals surface area contributed by atoms with Crippen molar-refractivity contribution in [3.8, 4) is 5.75 Å². The van der Waals surface area contributed by atoms with Crippen LogP contribution in [0.25, 0.3) is 0 Å². The first-order valence-corrected chi connectivity index (χ1v) is 7.69. The molecule has 0 saturated carbocycles. The van der Waals surface area contributed by atoms with E-state index in [1.807, 2.05) is 30.5 Å². The summed E-state index contributed by atoms with van der Waals surface area (Å²) in [6.07, 6.45) is 5.24. The normalized spacial score (nSPS) is 10.2. The van der Waals surface area contributed by atoms with Gasteiger partial charge in [0.05, 0.1) is 12.1 Å². The van der Waals surface area contributed by atoms with Crippen LogP contribution in [0.4, 0.5) is 17.5 Å². The van der Waals surface area contributed by atoms with Gasteiger partial charge in [-0.2, -0.15) is 4.98 Å². The molecule has 0 aliphatic heterocycles. The fourth-order valence-corrected chi connectivity index (χ4v) is 2.34. The zero-order chi connectivity index (χ0) is 16.8. The summed E-state index contributed by atoms with van der Waals surface area (Å²) in [5, 5.41) is 6.88. The first-order valence-electron chi connectivity index (χ1n) is 7.31. The van der Waals surface area contributed by atoms with E-state index in [0.717, 1.165) is 17.1 Å². The molecular weight excluding hydrogens is 326 g/mol. The van der Waals surface area contributed by atoms with Crippen LogP contribution < -0.4 is 15.4 Å². The molecule has 0 fully saturated rings. The van der Waals surface area contributed by atoms with Crippen molar-refractivity contribution in [2.24, 2.45) is 0 Å². The van der Waals surface area contributed by atoms with Crippen LogP contribution in [0.3, 0.4) is 0 Å². The molecule has 0 radical (unpaired) electrons. The molecule has 122 valence electrons. The van der Waals surface area contributed by atoms with E-state index in [1.165, 1.54) is 0 Å². The molecule has 2 aromatic heterocycles. The van der Waals surface area contributed by atoms with Crippen LogP contribution >= 0.6 is 11.6 Å². The monoisotopic (exact) mass is 341 g/mol. The van der Waals surface area contributed by atoms with Gasteiger partial charge in [0, 0.05) is 30.8 Å². The summed E-state index contributed by atoms with van der Waals surface area (Å²) in [5.41, 5.74) is 1.86. The summed E-state index contributed by atoms with van der Waals surface area (Å²) in [7, 11) is 1.58. The van der Waals surface area contributed by atoms with Gasteiger partial charge in [-0.15, -0.1) is 0 Å². The molecule has 0 spiro atoms. The fourth-order valence-electron chi connectivity index (χ4n) is 2.09. The highest BCUT2D eigenvalue weighted by Crippen LogP contribution is 2.28. The Morgan fingerprint density at radius 1 is 1.17 bits per heavy atom. The van der Waals surface area contributed by atoms with Gasteiger partial charge in [0.25, 0.3) is 0 Å². The number of hydrogen-bond acceptors (Lipinski definition) is 6. The Morgan fingerprint density at radius 3 is 2.83 bits per heavy atom. The van der Waals surface area contributed by atoms with Crippen molar-refractivity contribution in [3.05, 3.63) is 65.6 Å². The molecule has 7 heteroatoms. The maximum atomic E-state index is 6.12. The molecule has 0 aliphatic rings. The molecule has 3 aromatic rings. The summed E-state index contributed by atoms with van der Waals surface area (Å²) in [4.78, 5) is 12.7. The van der Waals surface area contributed by atoms with Gasteiger partial charge < -0.3 is 15.4 Å². The second-order valence-electron chi connectivity index (χ2n) is 4.95. The first kappa shape index (κ1) is 16.0. The van der Waals surface area contributed by atoms with Gasteiger partial charge >= 0.3 is 0 Å². The van der Waals surface area contributed by atoms with Gasteiger partial charge in [0.1, 0.15) is 11.6 Å². The number of hydrogen-bond donors (Lipinski definition) is 2. The predicted molar refractivity (Wildman–Crippen MR) is 94.9 cm³/mol. The molecule has 6 nitrogen and oxygen atoms in total. The Labute approximate surface area is 144 Å². The number of anilines is 3. The quantitative estimate of drug-likeness (QED) is 0.708. The molecule has 1 aromatic carbocycles. The van der Waals surface area contributed by atoms with Crippen molar-refractivity contribution in [2.45, 2.75) is 6.54 Å². The summed E-state index contributed by atoms with van der Waals surface area (Å²) in [5.74, 6) is 1.82. The Kier molecular flexibility index (Phi) is 5.08. The number of ether oxygens (including phenoxy) is 1. The molecule has 3 rings (SSSR count). The zero-order valence-corrected chi connectivity index (χ0v) is 13.8. The topological polar surface area (TPSA) is 72.0 Å². The van der Waals surface area contributed by atoms with Crippen LogP contribution in [0, 0.1) is 0 Å². The van der Waals surface area contributed by atoms with E-state index in [-0.39, 0.29) is 0 Å². The molecule has 0 saturated heterocycles. The average Bonchev–Trinajstić information content (AvgIpc) is 2.61. The number of methoxy groups -OCH3 is 1. The van der Waals surface area contributed by atoms with E-state index in [1.54, 1.807) is 31.6 Å². The zero-order valence-electron chi connectivity index (χ0n) is 13.0. The average molecular weight is 342 g/mol. The highest BCUT2D eigenvalue weighted by Gasteiger charge is 2.04. The van der Waals surface area contributed by atoms with Crippen LogP contribution in [0.5, 0.6) is 5.75 Å². The van der Waals surface area contributed by atoms with Gasteiger partial charge in [-0.05, 0) is 35.9 Å². The van der Waals surface area contributed by atoms with E-state index >= 15 is 0 Å². The summed E-state index contributed by atoms with van der Waals surface area (Å²) < 4.78 is 5.14. The van der Waals surface area contributed by atoms with E-state index in [4.69, 9.17) is 16.3 Å². The molecule has 24 heavy (non-hydrogen) atoms. The van der Waals surface area contributed by atoms with Crippen molar-refractivity contribution in [1.82, 2.24) is 15.0 Å². The van der Waals surface area contributed by atoms with E-state index in [9.17, 15) is 0 Å². The van der Waals surface area contributed by atoms with E-state index < -0.39 is 0 Å². The van der Waals surface area contributed by atoms with Crippen LogP contribution in [0.2, 0.25) is 5.02 Å². The van der Waals surface area contributed by atoms with Gasteiger partial charge in [-0.3, -0.25) is 4.98 Å². The molecular formula is C17H16ClN5O. The van der Waals surface area contributed by atoms with Crippen LogP contribution in [0.1, 0.15) is 5.56 Å². The lowest BCUT2D eigenvalue weighted by atomic mass is 10.3. The standard InChI is InChI=1S/C17H16ClN5O/c1-24-15-5-4-13(9-14(15)18)22-17-20-8-6-16(23-17)21-11-12-3-2-7-19-10-12/h2-10H,11H2,1H3,(H2,20,21,22,23). The molecule has 0 amide bonds. The Morgan fingerprint density at radius 2 is 2.08 bits per heavy atom. The smallest absolute Gasteiger partial charge is 0.229 e. The Balaban J connectivity index is 1.67. The third-order valence-electron chi connectivity index (χ3n) is 3.26. The number of nitrogens with zero attached hydrogens (tertiary/aromatic N) is 3. The summed E-state index contributed by atoms with van der Waals surface area (Å²) in [6, 6.07) is 11.1. The fraction of sp³-hybridized carbons (Fsp3) is 0.118. The molecule has 2 heterocycles. The highest BCUT2D eigenvalue weighted by molar-refractivity contribution is 6.32. The lowest BCUT2D eigenvalue weighted by Gasteiger charge is -2.09. The Bertz CT molecular complexity index is 813. The minimum Gasteiger partial charge on any atom is -0.495 e. The van der Waals surface area contributed by atoms with Gasteiger partial charge in [-0.1, -0.05) is 17.7 Å². The Hall–Kier alpha value is -2.86.